The molecule has 5 nitrogen and oxygen atoms in total. The van der Waals surface area contributed by atoms with Crippen molar-refractivity contribution in [3.8, 4) is 11.7 Å². The van der Waals surface area contributed by atoms with Gasteiger partial charge in [-0.2, -0.15) is 13.2 Å². The van der Waals surface area contributed by atoms with E-state index in [2.05, 4.69) is 19.9 Å². The van der Waals surface area contributed by atoms with Crippen LogP contribution in [0.25, 0.3) is 16.9 Å². The van der Waals surface area contributed by atoms with E-state index >= 15 is 0 Å². The average Bonchev–Trinajstić information content (AvgIpc) is 3.01. The number of fused-ring (bicyclic) bond motifs is 1. The van der Waals surface area contributed by atoms with Gasteiger partial charge in [-0.1, -0.05) is 12.1 Å². The van der Waals surface area contributed by atoms with Gasteiger partial charge < -0.3 is 4.74 Å². The summed E-state index contributed by atoms with van der Waals surface area (Å²) < 4.78 is 45.4. The van der Waals surface area contributed by atoms with Crippen molar-refractivity contribution in [3.63, 3.8) is 0 Å². The van der Waals surface area contributed by atoms with Crippen LogP contribution < -0.4 is 4.74 Å². The Morgan fingerprint density at radius 3 is 2.70 bits per heavy atom. The van der Waals surface area contributed by atoms with E-state index in [1.165, 1.54) is 10.9 Å². The Morgan fingerprint density at radius 2 is 2.00 bits per heavy atom. The van der Waals surface area contributed by atoms with Crippen molar-refractivity contribution in [1.29, 1.82) is 0 Å². The normalized spacial score (nSPS) is 12.0. The van der Waals surface area contributed by atoms with Crippen molar-refractivity contribution in [3.05, 3.63) is 36.2 Å². The van der Waals surface area contributed by atoms with Crippen LogP contribution in [0.2, 0.25) is 0 Å². The maximum Gasteiger partial charge on any atom is 0.425 e. The Balaban J connectivity index is 2.27. The number of aromatic amines is 1. The Hall–Kier alpha value is -2.51. The monoisotopic (exact) mass is 282 g/mol. The molecule has 0 spiro atoms. The van der Waals surface area contributed by atoms with Crippen LogP contribution in [0.4, 0.5) is 13.2 Å². The van der Waals surface area contributed by atoms with Gasteiger partial charge in [0, 0.05) is 0 Å². The van der Waals surface area contributed by atoms with Gasteiger partial charge in [-0.15, -0.1) is 5.10 Å². The van der Waals surface area contributed by atoms with E-state index in [-0.39, 0.29) is 5.82 Å². The molecular formula is C12H9F3N4O. The van der Waals surface area contributed by atoms with Gasteiger partial charge in [-0.25, -0.2) is 4.98 Å². The van der Waals surface area contributed by atoms with Crippen LogP contribution in [0.1, 0.15) is 5.56 Å². The van der Waals surface area contributed by atoms with E-state index in [1.807, 2.05) is 0 Å². The second-order valence-electron chi connectivity index (χ2n) is 4.06. The van der Waals surface area contributed by atoms with E-state index in [0.717, 1.165) is 7.11 Å². The fourth-order valence-corrected chi connectivity index (χ4v) is 2.03. The Bertz CT molecular complexity index is 759. The number of methoxy groups -OCH3 is 1. The number of halogens is 3. The molecule has 0 aliphatic carbocycles. The average molecular weight is 282 g/mol. The topological polar surface area (TPSA) is 55.7 Å². The molecule has 0 radical (unpaired) electrons. The van der Waals surface area contributed by atoms with E-state index in [1.54, 1.807) is 24.3 Å². The van der Waals surface area contributed by atoms with Crippen molar-refractivity contribution in [1.82, 2.24) is 19.7 Å². The highest BCUT2D eigenvalue weighted by molar-refractivity contribution is 5.77. The minimum absolute atomic E-state index is 0.219. The van der Waals surface area contributed by atoms with Gasteiger partial charge in [-0.3, -0.25) is 9.67 Å². The number of hydrogen-bond acceptors (Lipinski definition) is 3. The highest BCUT2D eigenvalue weighted by Gasteiger charge is 2.40. The lowest BCUT2D eigenvalue weighted by molar-refractivity contribution is -0.138. The number of benzene rings is 1. The number of para-hydroxylation sites is 2. The van der Waals surface area contributed by atoms with E-state index in [9.17, 15) is 13.2 Å². The molecule has 1 aromatic carbocycles. The minimum atomic E-state index is -4.58. The van der Waals surface area contributed by atoms with Crippen LogP contribution in [0.5, 0.6) is 5.88 Å². The minimum Gasteiger partial charge on any atom is -0.479 e. The fourth-order valence-electron chi connectivity index (χ4n) is 2.03. The van der Waals surface area contributed by atoms with Crippen molar-refractivity contribution in [2.24, 2.45) is 0 Å². The Labute approximate surface area is 111 Å². The summed E-state index contributed by atoms with van der Waals surface area (Å²) in [6.07, 6.45) is -3.27. The molecule has 1 N–H and O–H groups in total. The number of nitrogens with zero attached hydrogens (tertiary/aromatic N) is 3. The number of aromatic nitrogens is 4. The summed E-state index contributed by atoms with van der Waals surface area (Å²) in [5.41, 5.74) is 0.182. The first-order valence-corrected chi connectivity index (χ1v) is 5.64. The molecule has 2 heterocycles. The van der Waals surface area contributed by atoms with Crippen LogP contribution in [0.3, 0.4) is 0 Å². The number of H-pyrrole nitrogens is 1. The Kier molecular flexibility index (Phi) is 2.66. The molecule has 0 bridgehead atoms. The zero-order valence-electron chi connectivity index (χ0n) is 10.3. The molecule has 0 fully saturated rings. The van der Waals surface area contributed by atoms with E-state index in [0.29, 0.717) is 11.0 Å². The van der Waals surface area contributed by atoms with Crippen LogP contribution in [0, 0.1) is 0 Å². The van der Waals surface area contributed by atoms with Gasteiger partial charge in [0.1, 0.15) is 6.33 Å². The standard InChI is InChI=1S/C12H9F3N4O/c1-20-11-9(12(13,14)15)10(17-18-11)19-6-16-7-4-2-3-5-8(7)19/h2-6H,1H3,(H,17,18). The zero-order valence-corrected chi connectivity index (χ0v) is 10.3. The third-order valence-corrected chi connectivity index (χ3v) is 2.89. The maximum atomic E-state index is 13.1. The summed E-state index contributed by atoms with van der Waals surface area (Å²) in [6.45, 7) is 0. The number of imidazole rings is 1. The van der Waals surface area contributed by atoms with E-state index < -0.39 is 17.6 Å². The highest BCUT2D eigenvalue weighted by atomic mass is 19.4. The lowest BCUT2D eigenvalue weighted by atomic mass is 10.2. The number of rotatable bonds is 2. The molecule has 3 aromatic rings. The third kappa shape index (κ3) is 1.80. The van der Waals surface area contributed by atoms with Crippen molar-refractivity contribution in [2.45, 2.75) is 6.18 Å². The summed E-state index contributed by atoms with van der Waals surface area (Å²) in [5, 5.41) is 5.90. The molecule has 0 atom stereocenters. The maximum absolute atomic E-state index is 13.1. The van der Waals surface area contributed by atoms with Crippen LogP contribution in [0.15, 0.2) is 30.6 Å². The van der Waals surface area contributed by atoms with Crippen molar-refractivity contribution < 1.29 is 17.9 Å². The summed E-state index contributed by atoms with van der Waals surface area (Å²) in [5.74, 6) is -0.715. The molecule has 0 aliphatic heterocycles. The lowest BCUT2D eigenvalue weighted by Crippen LogP contribution is -2.10. The number of alkyl halides is 3. The van der Waals surface area contributed by atoms with E-state index in [4.69, 9.17) is 0 Å². The number of nitrogens with one attached hydrogen (secondary N) is 1. The fraction of sp³-hybridized carbons (Fsp3) is 0.167. The van der Waals surface area contributed by atoms with Gasteiger partial charge >= 0.3 is 6.18 Å². The second kappa shape index (κ2) is 4.26. The first-order chi connectivity index (χ1) is 9.52. The molecule has 20 heavy (non-hydrogen) atoms. The molecule has 8 heteroatoms. The van der Waals surface area contributed by atoms with Crippen LogP contribution in [-0.2, 0) is 6.18 Å². The van der Waals surface area contributed by atoms with Gasteiger partial charge in [-0.05, 0) is 12.1 Å². The number of hydrogen-bond donors (Lipinski definition) is 1. The number of ether oxygens (including phenoxy) is 1. The smallest absolute Gasteiger partial charge is 0.425 e. The molecule has 0 saturated carbocycles. The van der Waals surface area contributed by atoms with Gasteiger partial charge in [0.05, 0.1) is 18.1 Å². The SMILES string of the molecule is COc1n[nH]c(-n2cnc3ccccc32)c1C(F)(F)F. The summed E-state index contributed by atoms with van der Waals surface area (Å²) in [6, 6.07) is 6.88. The van der Waals surface area contributed by atoms with Crippen molar-refractivity contribution in [2.75, 3.05) is 7.11 Å². The van der Waals surface area contributed by atoms with Gasteiger partial charge in [0.2, 0.25) is 5.88 Å². The quantitative estimate of drug-likeness (QED) is 0.786. The molecule has 0 amide bonds. The predicted octanol–water partition coefficient (Wildman–Crippen LogP) is 2.78. The molecule has 0 aliphatic rings. The van der Waals surface area contributed by atoms with Gasteiger partial charge in [0.15, 0.2) is 11.4 Å². The molecule has 0 saturated heterocycles. The first-order valence-electron chi connectivity index (χ1n) is 5.64. The lowest BCUT2D eigenvalue weighted by Gasteiger charge is -2.09. The summed E-state index contributed by atoms with van der Waals surface area (Å²) >= 11 is 0. The van der Waals surface area contributed by atoms with Crippen LogP contribution >= 0.6 is 0 Å². The molecule has 2 aromatic heterocycles. The Morgan fingerprint density at radius 1 is 1.25 bits per heavy atom. The van der Waals surface area contributed by atoms with Gasteiger partial charge in [0.25, 0.3) is 0 Å². The largest absolute Gasteiger partial charge is 0.479 e. The third-order valence-electron chi connectivity index (χ3n) is 2.89. The summed E-state index contributed by atoms with van der Waals surface area (Å²) in [7, 11) is 1.14. The van der Waals surface area contributed by atoms with Crippen LogP contribution in [-0.4, -0.2) is 26.9 Å². The van der Waals surface area contributed by atoms with Crippen molar-refractivity contribution >= 4 is 11.0 Å². The molecule has 104 valence electrons. The molecule has 3 rings (SSSR count). The molecular weight excluding hydrogens is 273 g/mol. The highest BCUT2D eigenvalue weighted by Crippen LogP contribution is 2.39. The zero-order chi connectivity index (χ0) is 14.3. The second-order valence-corrected chi connectivity index (χ2v) is 4.06. The first kappa shape index (κ1) is 12.5. The predicted molar refractivity (Wildman–Crippen MR) is 64.8 cm³/mol. The summed E-state index contributed by atoms with van der Waals surface area (Å²) in [4.78, 5) is 4.06. The molecule has 0 unspecified atom stereocenters.